The molecule has 112 valence electrons. The van der Waals surface area contributed by atoms with Gasteiger partial charge in [0.2, 0.25) is 0 Å². The predicted molar refractivity (Wildman–Crippen MR) is 90.9 cm³/mol. The largest absolute Gasteiger partial charge is 0.468 e. The zero-order valence-electron chi connectivity index (χ0n) is 12.4. The Hall–Kier alpha value is -2.07. The number of nitrogens with zero attached hydrogens (tertiary/aromatic N) is 1. The lowest BCUT2D eigenvalue weighted by Gasteiger charge is -2.14. The molecule has 4 heteroatoms. The van der Waals surface area contributed by atoms with Crippen LogP contribution in [0.2, 0.25) is 0 Å². The molecule has 0 fully saturated rings. The average molecular weight is 358 g/mol. The van der Waals surface area contributed by atoms with Crippen LogP contribution in [0.1, 0.15) is 17.0 Å². The third-order valence-electron chi connectivity index (χ3n) is 3.86. The second-order valence-corrected chi connectivity index (χ2v) is 6.14. The molecule has 0 saturated carbocycles. The van der Waals surface area contributed by atoms with Crippen LogP contribution in [0.4, 0.5) is 0 Å². The van der Waals surface area contributed by atoms with Crippen LogP contribution in [0, 0.1) is 0 Å². The normalized spacial score (nSPS) is 12.3. The molecule has 0 spiro atoms. The third kappa shape index (κ3) is 2.55. The van der Waals surface area contributed by atoms with Crippen LogP contribution >= 0.6 is 15.9 Å². The molecule has 0 aliphatic rings. The van der Waals surface area contributed by atoms with E-state index in [9.17, 15) is 4.79 Å². The Morgan fingerprint density at radius 3 is 2.59 bits per heavy atom. The summed E-state index contributed by atoms with van der Waals surface area (Å²) in [7, 11) is 3.42. The van der Waals surface area contributed by atoms with Gasteiger partial charge in [-0.3, -0.25) is 4.79 Å². The molecule has 0 radical (unpaired) electrons. The van der Waals surface area contributed by atoms with Gasteiger partial charge in [0.1, 0.15) is 5.92 Å². The lowest BCUT2D eigenvalue weighted by Crippen LogP contribution is -2.15. The van der Waals surface area contributed by atoms with Gasteiger partial charge in [0.05, 0.1) is 7.11 Å². The van der Waals surface area contributed by atoms with Crippen molar-refractivity contribution in [2.24, 2.45) is 7.05 Å². The molecule has 0 aliphatic heterocycles. The summed E-state index contributed by atoms with van der Waals surface area (Å²) in [6, 6.07) is 15.8. The number of halogens is 1. The minimum atomic E-state index is -0.427. The van der Waals surface area contributed by atoms with Crippen LogP contribution in [0.3, 0.4) is 0 Å². The molecular weight excluding hydrogens is 342 g/mol. The molecule has 0 N–H and O–H groups in total. The Kier molecular flexibility index (Phi) is 4.03. The molecule has 0 bridgehead atoms. The van der Waals surface area contributed by atoms with Gasteiger partial charge in [-0.05, 0) is 29.3 Å². The fourth-order valence-corrected chi connectivity index (χ4v) is 3.19. The molecule has 3 nitrogen and oxygen atoms in total. The standard InChI is InChI=1S/C18H16BrNO2/c1-20-11-15(14-10-13(19)8-9-16(14)20)17(18(21)22-2)12-6-4-3-5-7-12/h3-11,17H,1-2H3. The van der Waals surface area contributed by atoms with Gasteiger partial charge in [-0.2, -0.15) is 0 Å². The zero-order chi connectivity index (χ0) is 15.7. The lowest BCUT2D eigenvalue weighted by molar-refractivity contribution is -0.141. The van der Waals surface area contributed by atoms with Crippen LogP contribution in [-0.4, -0.2) is 17.6 Å². The fraction of sp³-hybridized carbons (Fsp3) is 0.167. The summed E-state index contributed by atoms with van der Waals surface area (Å²) in [5.41, 5.74) is 2.97. The smallest absolute Gasteiger partial charge is 0.317 e. The maximum absolute atomic E-state index is 12.4. The van der Waals surface area contributed by atoms with Gasteiger partial charge in [0.25, 0.3) is 0 Å². The van der Waals surface area contributed by atoms with Crippen LogP contribution in [-0.2, 0) is 16.6 Å². The highest BCUT2D eigenvalue weighted by molar-refractivity contribution is 9.10. The number of aromatic nitrogens is 1. The number of rotatable bonds is 3. The van der Waals surface area contributed by atoms with Crippen molar-refractivity contribution in [2.45, 2.75) is 5.92 Å². The number of ether oxygens (including phenoxy) is 1. The highest BCUT2D eigenvalue weighted by atomic mass is 79.9. The quantitative estimate of drug-likeness (QED) is 0.656. The molecule has 0 saturated heterocycles. The van der Waals surface area contributed by atoms with Gasteiger partial charge < -0.3 is 9.30 Å². The first-order valence-electron chi connectivity index (χ1n) is 6.99. The Bertz CT molecular complexity index is 824. The average Bonchev–Trinajstić information content (AvgIpc) is 2.84. The van der Waals surface area contributed by atoms with Gasteiger partial charge in [0.15, 0.2) is 0 Å². The van der Waals surface area contributed by atoms with Gasteiger partial charge in [-0.15, -0.1) is 0 Å². The number of esters is 1. The number of carbonyl (C=O) groups is 1. The van der Waals surface area contributed by atoms with Crippen molar-refractivity contribution in [1.29, 1.82) is 0 Å². The summed E-state index contributed by atoms with van der Waals surface area (Å²) in [4.78, 5) is 12.4. The van der Waals surface area contributed by atoms with Crippen LogP contribution in [0.25, 0.3) is 10.9 Å². The minimum Gasteiger partial charge on any atom is -0.468 e. The summed E-state index contributed by atoms with van der Waals surface area (Å²) in [5, 5.41) is 1.05. The summed E-state index contributed by atoms with van der Waals surface area (Å²) < 4.78 is 8.08. The van der Waals surface area contributed by atoms with E-state index in [1.54, 1.807) is 0 Å². The van der Waals surface area contributed by atoms with Crippen molar-refractivity contribution in [3.05, 3.63) is 70.3 Å². The van der Waals surface area contributed by atoms with Crippen LogP contribution < -0.4 is 0 Å². The van der Waals surface area contributed by atoms with E-state index >= 15 is 0 Å². The highest BCUT2D eigenvalue weighted by Gasteiger charge is 2.26. The monoisotopic (exact) mass is 357 g/mol. The van der Waals surface area contributed by atoms with E-state index in [1.165, 1.54) is 7.11 Å². The Morgan fingerprint density at radius 2 is 1.91 bits per heavy atom. The second kappa shape index (κ2) is 5.97. The number of fused-ring (bicyclic) bond motifs is 1. The molecule has 1 atom stereocenters. The van der Waals surface area contributed by atoms with Crippen LogP contribution in [0.5, 0.6) is 0 Å². The first-order valence-corrected chi connectivity index (χ1v) is 7.78. The van der Waals surface area contributed by atoms with Crippen molar-refractivity contribution >= 4 is 32.8 Å². The van der Waals surface area contributed by atoms with E-state index in [0.29, 0.717) is 0 Å². The van der Waals surface area contributed by atoms with Crippen molar-refractivity contribution < 1.29 is 9.53 Å². The molecule has 0 aliphatic carbocycles. The molecule has 1 unspecified atom stereocenters. The van der Waals surface area contributed by atoms with Crippen molar-refractivity contribution in [3.8, 4) is 0 Å². The van der Waals surface area contributed by atoms with Gasteiger partial charge in [-0.1, -0.05) is 46.3 Å². The molecule has 1 aromatic heterocycles. The molecule has 3 aromatic rings. The summed E-state index contributed by atoms with van der Waals surface area (Å²) in [6.07, 6.45) is 2.01. The second-order valence-electron chi connectivity index (χ2n) is 5.22. The van der Waals surface area contributed by atoms with Crippen LogP contribution in [0.15, 0.2) is 59.2 Å². The number of hydrogen-bond acceptors (Lipinski definition) is 2. The van der Waals surface area contributed by atoms with E-state index in [1.807, 2.05) is 66.3 Å². The van der Waals surface area contributed by atoms with Crippen molar-refractivity contribution in [2.75, 3.05) is 7.11 Å². The molecule has 3 rings (SSSR count). The maximum atomic E-state index is 12.4. The van der Waals surface area contributed by atoms with Gasteiger partial charge in [-0.25, -0.2) is 0 Å². The van der Waals surface area contributed by atoms with Crippen molar-refractivity contribution in [1.82, 2.24) is 4.57 Å². The number of hydrogen-bond donors (Lipinski definition) is 0. The SMILES string of the molecule is COC(=O)C(c1ccccc1)c1cn(C)c2ccc(Br)cc12. The fourth-order valence-electron chi connectivity index (χ4n) is 2.83. The molecular formula is C18H16BrNO2. The number of carbonyl (C=O) groups excluding carboxylic acids is 1. The number of benzene rings is 2. The number of methoxy groups -OCH3 is 1. The third-order valence-corrected chi connectivity index (χ3v) is 4.36. The Labute approximate surface area is 137 Å². The highest BCUT2D eigenvalue weighted by Crippen LogP contribution is 2.34. The summed E-state index contributed by atoms with van der Waals surface area (Å²) in [5.74, 6) is -0.678. The Morgan fingerprint density at radius 1 is 1.18 bits per heavy atom. The first-order chi connectivity index (χ1) is 10.6. The summed E-state index contributed by atoms with van der Waals surface area (Å²) in [6.45, 7) is 0. The molecule has 1 heterocycles. The Balaban J connectivity index is 2.25. The zero-order valence-corrected chi connectivity index (χ0v) is 14.0. The molecule has 0 amide bonds. The van der Waals surface area contributed by atoms with E-state index in [0.717, 1.165) is 26.5 Å². The van der Waals surface area contributed by atoms with E-state index in [-0.39, 0.29) is 5.97 Å². The van der Waals surface area contributed by atoms with Crippen molar-refractivity contribution in [3.63, 3.8) is 0 Å². The van der Waals surface area contributed by atoms with E-state index < -0.39 is 5.92 Å². The summed E-state index contributed by atoms with van der Waals surface area (Å²) >= 11 is 3.51. The lowest BCUT2D eigenvalue weighted by atomic mass is 9.91. The van der Waals surface area contributed by atoms with Gasteiger partial charge in [0, 0.05) is 28.6 Å². The maximum Gasteiger partial charge on any atom is 0.317 e. The van der Waals surface area contributed by atoms with Gasteiger partial charge >= 0.3 is 5.97 Å². The number of aryl methyl sites for hydroxylation is 1. The van der Waals surface area contributed by atoms with E-state index in [4.69, 9.17) is 4.74 Å². The topological polar surface area (TPSA) is 31.2 Å². The van der Waals surface area contributed by atoms with E-state index in [2.05, 4.69) is 15.9 Å². The molecule has 22 heavy (non-hydrogen) atoms. The first kappa shape index (κ1) is 14.9. The predicted octanol–water partition coefficient (Wildman–Crippen LogP) is 4.25. The molecule has 2 aromatic carbocycles. The minimum absolute atomic E-state index is 0.251.